The van der Waals surface area contributed by atoms with Gasteiger partial charge in [0.05, 0.1) is 26.0 Å². The Bertz CT molecular complexity index is 570. The zero-order chi connectivity index (χ0) is 16.8. The molecule has 1 aromatic carbocycles. The summed E-state index contributed by atoms with van der Waals surface area (Å²) in [4.78, 5) is 6.02. The lowest BCUT2D eigenvalue weighted by Gasteiger charge is -2.28. The van der Waals surface area contributed by atoms with Crippen molar-refractivity contribution in [2.24, 2.45) is 4.99 Å². The number of rotatable bonds is 1. The number of aliphatic imine (C=N–C) groups is 1. The Morgan fingerprint density at radius 3 is 1.76 bits per heavy atom. The molecule has 21 heavy (non-hydrogen) atoms. The molecule has 0 fully saturated rings. The van der Waals surface area contributed by atoms with Gasteiger partial charge in [-0.2, -0.15) is 0 Å². The van der Waals surface area contributed by atoms with Gasteiger partial charge in [-0.15, -0.1) is 0 Å². The Morgan fingerprint density at radius 1 is 1.14 bits per heavy atom. The molecule has 0 aliphatic carbocycles. The fourth-order valence-electron chi connectivity index (χ4n) is 1.80. The molecule has 0 unspecified atom stereocenters. The smallest absolute Gasteiger partial charge is 0.298 e. The maximum absolute atomic E-state index is 10.4. The highest BCUT2D eigenvalue weighted by atomic mass is 32.2. The minimum atomic E-state index is -4.27. The van der Waals surface area contributed by atoms with E-state index in [1.54, 1.807) is 12.1 Å². The topological polar surface area (TPSA) is 72.8 Å². The predicted molar refractivity (Wildman–Crippen MR) is 84.2 cm³/mol. The van der Waals surface area contributed by atoms with Crippen molar-refractivity contribution in [3.63, 3.8) is 0 Å². The highest BCUT2D eigenvalue weighted by Gasteiger charge is 2.18. The standard InChI is InChI=1S/C7H18N3.C7H8O3S/c1-8-7(9(2)3)10(4,5)6;1-6-2-4-7(5-3-6)11(8,9)10/h1-6H3;2-5H,1H3,(H,8,9,10)/q+1;/p-1/b8-7+;. The zero-order valence-electron chi connectivity index (χ0n) is 13.8. The lowest BCUT2D eigenvalue weighted by molar-refractivity contribution is -0.782. The van der Waals surface area contributed by atoms with Gasteiger partial charge in [0.1, 0.15) is 10.1 Å². The van der Waals surface area contributed by atoms with Crippen molar-refractivity contribution in [3.8, 4) is 0 Å². The molecule has 7 heteroatoms. The molecule has 0 atom stereocenters. The molecule has 0 aliphatic heterocycles. The van der Waals surface area contributed by atoms with Crippen LogP contribution >= 0.6 is 0 Å². The van der Waals surface area contributed by atoms with Crippen LogP contribution in [0.1, 0.15) is 5.56 Å². The fraction of sp³-hybridized carbons (Fsp3) is 0.500. The molecule has 0 N–H and O–H groups in total. The van der Waals surface area contributed by atoms with Gasteiger partial charge in [0.2, 0.25) is 0 Å². The molecule has 0 aliphatic rings. The second-order valence-electron chi connectivity index (χ2n) is 5.70. The van der Waals surface area contributed by atoms with Gasteiger partial charge in [0.15, 0.2) is 0 Å². The molecule has 6 nitrogen and oxygen atoms in total. The van der Waals surface area contributed by atoms with Crippen LogP contribution in [0, 0.1) is 6.92 Å². The summed E-state index contributed by atoms with van der Waals surface area (Å²) >= 11 is 0. The van der Waals surface area contributed by atoms with Gasteiger partial charge in [-0.05, 0) is 19.1 Å². The molecule has 0 saturated heterocycles. The first-order chi connectivity index (χ1) is 9.39. The molecular weight excluding hydrogens is 290 g/mol. The van der Waals surface area contributed by atoms with Crippen molar-refractivity contribution in [2.75, 3.05) is 42.3 Å². The Hall–Kier alpha value is -1.44. The molecular formula is C14H25N3O3S. The van der Waals surface area contributed by atoms with E-state index in [1.165, 1.54) is 12.1 Å². The highest BCUT2D eigenvalue weighted by molar-refractivity contribution is 7.85. The first kappa shape index (κ1) is 19.6. The van der Waals surface area contributed by atoms with E-state index in [2.05, 4.69) is 26.1 Å². The lowest BCUT2D eigenvalue weighted by atomic mass is 10.2. The quantitative estimate of drug-likeness (QED) is 0.337. The zero-order valence-corrected chi connectivity index (χ0v) is 14.6. The molecule has 0 radical (unpaired) electrons. The van der Waals surface area contributed by atoms with Crippen LogP contribution < -0.4 is 0 Å². The summed E-state index contributed by atoms with van der Waals surface area (Å²) in [5.74, 6) is 1.07. The summed E-state index contributed by atoms with van der Waals surface area (Å²) in [5.41, 5.74) is 0.928. The number of benzene rings is 1. The van der Waals surface area contributed by atoms with Gasteiger partial charge in [0.25, 0.3) is 5.96 Å². The third kappa shape index (κ3) is 7.22. The van der Waals surface area contributed by atoms with Crippen molar-refractivity contribution in [3.05, 3.63) is 29.8 Å². The van der Waals surface area contributed by atoms with E-state index in [0.29, 0.717) is 0 Å². The summed E-state index contributed by atoms with van der Waals surface area (Å²) in [6.45, 7) is 1.82. The summed E-state index contributed by atoms with van der Waals surface area (Å²) < 4.78 is 31.9. The number of hydrogen-bond acceptors (Lipinski definition) is 4. The van der Waals surface area contributed by atoms with Crippen LogP contribution in [0.4, 0.5) is 0 Å². The first-order valence-corrected chi connectivity index (χ1v) is 7.79. The van der Waals surface area contributed by atoms with E-state index in [1.807, 2.05) is 33.0 Å². The Balaban J connectivity index is 0.000000384. The van der Waals surface area contributed by atoms with Gasteiger partial charge in [0, 0.05) is 21.1 Å². The van der Waals surface area contributed by atoms with E-state index >= 15 is 0 Å². The molecule has 0 saturated carbocycles. The van der Waals surface area contributed by atoms with Gasteiger partial charge >= 0.3 is 0 Å². The van der Waals surface area contributed by atoms with Gasteiger partial charge in [-0.3, -0.25) is 4.48 Å². The normalized spacial score (nSPS) is 12.5. The third-order valence-electron chi connectivity index (χ3n) is 2.51. The Labute approximate surface area is 128 Å². The number of aryl methyl sites for hydroxylation is 1. The predicted octanol–water partition coefficient (Wildman–Crippen LogP) is 1.14. The van der Waals surface area contributed by atoms with Crippen LogP contribution in [-0.4, -0.2) is 70.6 Å². The Morgan fingerprint density at radius 2 is 1.57 bits per heavy atom. The average molecular weight is 315 g/mol. The van der Waals surface area contributed by atoms with Crippen molar-refractivity contribution < 1.29 is 17.5 Å². The maximum Gasteiger partial charge on any atom is 0.298 e. The van der Waals surface area contributed by atoms with E-state index in [0.717, 1.165) is 16.0 Å². The lowest BCUT2D eigenvalue weighted by Crippen LogP contribution is -2.48. The average Bonchev–Trinajstić information content (AvgIpc) is 2.27. The molecule has 0 amide bonds. The van der Waals surface area contributed by atoms with Crippen LogP contribution in [0.15, 0.2) is 34.2 Å². The third-order valence-corrected chi connectivity index (χ3v) is 3.36. The molecule has 0 aromatic heterocycles. The molecule has 0 heterocycles. The van der Waals surface area contributed by atoms with Gasteiger partial charge in [-0.25, -0.2) is 13.4 Å². The van der Waals surface area contributed by atoms with Crippen molar-refractivity contribution in [2.45, 2.75) is 11.8 Å². The van der Waals surface area contributed by atoms with Crippen molar-refractivity contribution >= 4 is 16.1 Å². The maximum atomic E-state index is 10.4. The van der Waals surface area contributed by atoms with Crippen molar-refractivity contribution in [1.82, 2.24) is 4.90 Å². The van der Waals surface area contributed by atoms with Crippen LogP contribution in [0.2, 0.25) is 0 Å². The molecule has 1 rings (SSSR count). The number of hydrogen-bond donors (Lipinski definition) is 0. The molecule has 1 aromatic rings. The monoisotopic (exact) mass is 315 g/mol. The number of nitrogens with zero attached hydrogens (tertiary/aromatic N) is 3. The minimum absolute atomic E-state index is 0.178. The van der Waals surface area contributed by atoms with Gasteiger partial charge in [-0.1, -0.05) is 17.7 Å². The minimum Gasteiger partial charge on any atom is -0.744 e. The summed E-state index contributed by atoms with van der Waals surface area (Å²) in [6.07, 6.45) is 0. The summed E-state index contributed by atoms with van der Waals surface area (Å²) in [7, 11) is 7.86. The Kier molecular flexibility index (Phi) is 7.02. The van der Waals surface area contributed by atoms with E-state index in [-0.39, 0.29) is 4.90 Å². The first-order valence-electron chi connectivity index (χ1n) is 6.38. The highest BCUT2D eigenvalue weighted by Crippen LogP contribution is 2.08. The second-order valence-corrected chi connectivity index (χ2v) is 7.08. The van der Waals surface area contributed by atoms with E-state index in [9.17, 15) is 13.0 Å². The largest absolute Gasteiger partial charge is 0.744 e. The van der Waals surface area contributed by atoms with Crippen LogP contribution in [-0.2, 0) is 10.1 Å². The molecule has 0 bridgehead atoms. The summed E-state index contributed by atoms with van der Waals surface area (Å²) in [5, 5.41) is 0. The van der Waals surface area contributed by atoms with Crippen LogP contribution in [0.5, 0.6) is 0 Å². The van der Waals surface area contributed by atoms with E-state index in [4.69, 9.17) is 0 Å². The molecule has 0 spiro atoms. The second kappa shape index (κ2) is 7.53. The summed E-state index contributed by atoms with van der Waals surface area (Å²) in [6, 6.07) is 5.78. The number of quaternary nitrogens is 1. The fourth-order valence-corrected chi connectivity index (χ4v) is 2.27. The molecule has 120 valence electrons. The van der Waals surface area contributed by atoms with Gasteiger partial charge < -0.3 is 9.45 Å². The van der Waals surface area contributed by atoms with Crippen LogP contribution in [0.25, 0.3) is 0 Å². The van der Waals surface area contributed by atoms with Crippen LogP contribution in [0.3, 0.4) is 0 Å². The van der Waals surface area contributed by atoms with E-state index < -0.39 is 10.1 Å². The number of guanidine groups is 1. The SMILES string of the molecule is C/N=C(\N(C)C)[N+](C)(C)C.Cc1ccc(S(=O)(=O)[O-])cc1. The van der Waals surface area contributed by atoms with Crippen molar-refractivity contribution in [1.29, 1.82) is 0 Å².